The summed E-state index contributed by atoms with van der Waals surface area (Å²) in [6.45, 7) is 33.9. The van der Waals surface area contributed by atoms with Gasteiger partial charge in [0.15, 0.2) is 0 Å². The Hall–Kier alpha value is -0.940. The lowest BCUT2D eigenvalue weighted by Crippen LogP contribution is -2.37. The lowest BCUT2D eigenvalue weighted by molar-refractivity contribution is 0.219. The summed E-state index contributed by atoms with van der Waals surface area (Å²) in [7, 11) is 0. The zero-order valence-corrected chi connectivity index (χ0v) is 23.0. The Labute approximate surface area is 193 Å². The summed E-state index contributed by atoms with van der Waals surface area (Å²) in [5.41, 5.74) is 4.21. The molecule has 0 aromatic heterocycles. The first kappa shape index (κ1) is 33.7. The van der Waals surface area contributed by atoms with Crippen molar-refractivity contribution in [1.29, 1.82) is 0 Å². The Morgan fingerprint density at radius 1 is 0.933 bits per heavy atom. The molecule has 1 aliphatic heterocycles. The maximum Gasteiger partial charge on any atom is 0.0191 e. The number of rotatable bonds is 5. The van der Waals surface area contributed by atoms with Crippen molar-refractivity contribution < 1.29 is 0 Å². The van der Waals surface area contributed by atoms with E-state index in [-0.39, 0.29) is 0 Å². The molecule has 1 heteroatoms. The van der Waals surface area contributed by atoms with Gasteiger partial charge in [-0.15, -0.1) is 5.73 Å². The number of hydrogen-bond donors (Lipinski definition) is 0. The molecule has 1 saturated carbocycles. The van der Waals surface area contributed by atoms with Crippen LogP contribution in [0.4, 0.5) is 0 Å². The normalized spacial score (nSPS) is 21.6. The summed E-state index contributed by atoms with van der Waals surface area (Å²) >= 11 is 0. The summed E-state index contributed by atoms with van der Waals surface area (Å²) in [6.07, 6.45) is 10.2. The Bertz CT molecular complexity index is 398. The topological polar surface area (TPSA) is 3.24 Å². The van der Waals surface area contributed by atoms with E-state index < -0.39 is 0 Å². The molecule has 0 aromatic carbocycles. The van der Waals surface area contributed by atoms with Gasteiger partial charge in [0.05, 0.1) is 0 Å². The minimum atomic E-state index is 0.630. The van der Waals surface area contributed by atoms with Crippen LogP contribution in [0.2, 0.25) is 0 Å². The minimum Gasteiger partial charge on any atom is -0.375 e. The van der Waals surface area contributed by atoms with E-state index in [4.69, 9.17) is 0 Å². The van der Waals surface area contributed by atoms with Gasteiger partial charge in [-0.05, 0) is 61.3 Å². The van der Waals surface area contributed by atoms with Gasteiger partial charge >= 0.3 is 0 Å². The lowest BCUT2D eigenvalue weighted by Gasteiger charge is -2.36. The maximum atomic E-state index is 4.00. The monoisotopic (exact) mass is 421 g/mol. The number of allylic oxidation sites excluding steroid dienone is 2. The summed E-state index contributed by atoms with van der Waals surface area (Å²) in [4.78, 5) is 2.35. The highest BCUT2D eigenvalue weighted by Gasteiger charge is 2.21. The largest absolute Gasteiger partial charge is 0.375 e. The Balaban J connectivity index is -0.000000348. The van der Waals surface area contributed by atoms with Crippen LogP contribution in [0, 0.1) is 29.6 Å². The van der Waals surface area contributed by atoms with Gasteiger partial charge in [-0.3, -0.25) is 0 Å². The number of likely N-dealkylation sites (tertiary alicyclic amines) is 1. The van der Waals surface area contributed by atoms with Gasteiger partial charge < -0.3 is 4.90 Å². The first-order valence-electron chi connectivity index (χ1n) is 13.0. The van der Waals surface area contributed by atoms with E-state index in [9.17, 15) is 0 Å². The second-order valence-electron chi connectivity index (χ2n) is 8.96. The molecule has 0 radical (unpaired) electrons. The van der Waals surface area contributed by atoms with Crippen LogP contribution in [0.5, 0.6) is 0 Å². The fourth-order valence-electron chi connectivity index (χ4n) is 3.57. The average Bonchev–Trinajstić information content (AvgIpc) is 2.69. The molecule has 1 nitrogen and oxygen atoms in total. The van der Waals surface area contributed by atoms with Crippen LogP contribution in [-0.2, 0) is 0 Å². The third kappa shape index (κ3) is 17.9. The van der Waals surface area contributed by atoms with Gasteiger partial charge in [0.1, 0.15) is 0 Å². The van der Waals surface area contributed by atoms with E-state index in [1.807, 2.05) is 27.7 Å². The second-order valence-corrected chi connectivity index (χ2v) is 8.96. The van der Waals surface area contributed by atoms with Crippen LogP contribution >= 0.6 is 0 Å². The van der Waals surface area contributed by atoms with E-state index in [0.29, 0.717) is 5.92 Å². The fraction of sp³-hybridized carbons (Fsp3) is 0.828. The van der Waals surface area contributed by atoms with Crippen molar-refractivity contribution in [1.82, 2.24) is 4.90 Å². The van der Waals surface area contributed by atoms with Crippen LogP contribution < -0.4 is 0 Å². The van der Waals surface area contributed by atoms with Crippen LogP contribution in [0.3, 0.4) is 0 Å². The third-order valence-electron chi connectivity index (χ3n) is 5.89. The summed E-state index contributed by atoms with van der Waals surface area (Å²) in [5, 5.41) is 0. The van der Waals surface area contributed by atoms with Gasteiger partial charge in [0.25, 0.3) is 0 Å². The molecule has 2 atom stereocenters. The maximum absolute atomic E-state index is 4.00. The smallest absolute Gasteiger partial charge is 0.0191 e. The quantitative estimate of drug-likeness (QED) is 0.399. The predicted molar refractivity (Wildman–Crippen MR) is 142 cm³/mol. The molecular formula is C29H59N. The highest BCUT2D eigenvalue weighted by atomic mass is 15.2. The lowest BCUT2D eigenvalue weighted by atomic mass is 9.77. The molecule has 2 fully saturated rings. The zero-order chi connectivity index (χ0) is 24.1. The van der Waals surface area contributed by atoms with Crippen molar-refractivity contribution in [2.75, 3.05) is 13.1 Å². The molecule has 1 heterocycles. The van der Waals surface area contributed by atoms with Crippen LogP contribution in [-0.4, -0.2) is 18.0 Å². The van der Waals surface area contributed by atoms with Gasteiger partial charge in [-0.2, -0.15) is 0 Å². The van der Waals surface area contributed by atoms with Crippen molar-refractivity contribution in [2.45, 2.75) is 115 Å². The van der Waals surface area contributed by atoms with E-state index in [1.54, 1.807) is 0 Å². The van der Waals surface area contributed by atoms with Gasteiger partial charge in [0, 0.05) is 18.8 Å². The highest BCUT2D eigenvalue weighted by molar-refractivity contribution is 5.00. The first-order chi connectivity index (χ1) is 14.2. The first-order valence-corrected chi connectivity index (χ1v) is 13.0. The van der Waals surface area contributed by atoms with Gasteiger partial charge in [-0.25, -0.2) is 0 Å². The van der Waals surface area contributed by atoms with Crippen molar-refractivity contribution in [3.8, 4) is 0 Å². The Morgan fingerprint density at radius 3 is 1.57 bits per heavy atom. The summed E-state index contributed by atoms with van der Waals surface area (Å²) in [6, 6.07) is 0. The van der Waals surface area contributed by atoms with Crippen molar-refractivity contribution in [2.24, 2.45) is 29.6 Å². The van der Waals surface area contributed by atoms with E-state index in [2.05, 4.69) is 78.3 Å². The predicted octanol–water partition coefficient (Wildman–Crippen LogP) is 9.76. The molecule has 2 aliphatic rings. The molecule has 0 spiro atoms. The summed E-state index contributed by atoms with van der Waals surface area (Å²) in [5.74, 6) is 4.11. The van der Waals surface area contributed by atoms with Crippen LogP contribution in [0.1, 0.15) is 115 Å². The molecule has 0 N–H and O–H groups in total. The van der Waals surface area contributed by atoms with Crippen LogP contribution in [0.15, 0.2) is 30.7 Å². The molecule has 1 aliphatic carbocycles. The third-order valence-corrected chi connectivity index (χ3v) is 5.89. The molecule has 2 rings (SSSR count). The molecular weight excluding hydrogens is 362 g/mol. The second kappa shape index (κ2) is 22.7. The van der Waals surface area contributed by atoms with E-state index >= 15 is 0 Å². The van der Waals surface area contributed by atoms with Crippen molar-refractivity contribution in [3.63, 3.8) is 0 Å². The molecule has 1 saturated heterocycles. The average molecular weight is 422 g/mol. The number of hydrogen-bond acceptors (Lipinski definition) is 1. The van der Waals surface area contributed by atoms with Crippen LogP contribution in [0.25, 0.3) is 0 Å². The van der Waals surface area contributed by atoms with Gasteiger partial charge in [-0.1, -0.05) is 102 Å². The minimum absolute atomic E-state index is 0.630. The summed E-state index contributed by atoms with van der Waals surface area (Å²) < 4.78 is 0. The molecule has 0 aromatic rings. The Kier molecular flexibility index (Phi) is 25.5. The molecule has 2 unspecified atom stereocenters. The fourth-order valence-corrected chi connectivity index (χ4v) is 3.57. The molecule has 0 bridgehead atoms. The van der Waals surface area contributed by atoms with Gasteiger partial charge in [0.2, 0.25) is 0 Å². The molecule has 30 heavy (non-hydrogen) atoms. The SMILES string of the molecule is C=C(C(C)C)N1CCC1.C=C=CC1CC(C)CC(C)C1.CC.CC.CCC(C)CC. The van der Waals surface area contributed by atoms with Crippen molar-refractivity contribution >= 4 is 0 Å². The molecule has 0 amide bonds. The zero-order valence-electron chi connectivity index (χ0n) is 23.0. The number of nitrogens with zero attached hydrogens (tertiary/aromatic N) is 1. The van der Waals surface area contributed by atoms with E-state index in [1.165, 1.54) is 57.3 Å². The highest BCUT2D eigenvalue weighted by Crippen LogP contribution is 2.33. The standard InChI is InChI=1S/C11H18.C8H15N.C6H14.2C2H6/c1-4-5-11-7-9(2)6-10(3)8-11;1-7(2)8(3)9-5-4-6-9;1-4-6(3)5-2;2*1-2/h5,9-11H,1,6-8H2,2-3H3;7H,3-6H2,1-2H3;6H,4-5H2,1-3H3;2*1-2H3. The van der Waals surface area contributed by atoms with Crippen molar-refractivity contribution in [3.05, 3.63) is 30.7 Å². The Morgan fingerprint density at radius 2 is 1.37 bits per heavy atom. The molecule has 180 valence electrons. The van der Waals surface area contributed by atoms with E-state index in [0.717, 1.165) is 23.7 Å².